The quantitative estimate of drug-likeness (QED) is 0.884. The second-order valence-electron chi connectivity index (χ2n) is 4.70. The Morgan fingerprint density at radius 1 is 1.29 bits per heavy atom. The first kappa shape index (κ1) is 13.7. The number of fused-ring (bicyclic) bond motifs is 1. The van der Waals surface area contributed by atoms with Gasteiger partial charge in [0.15, 0.2) is 0 Å². The number of hydrogen-bond donors (Lipinski definition) is 1. The lowest BCUT2D eigenvalue weighted by molar-refractivity contribution is -0.139. The van der Waals surface area contributed by atoms with Crippen molar-refractivity contribution in [1.82, 2.24) is 4.90 Å². The van der Waals surface area contributed by atoms with Crippen LogP contribution in [0.15, 0.2) is 18.2 Å². The molecular formula is C14H10FNO4S. The molecule has 21 heavy (non-hydrogen) atoms. The van der Waals surface area contributed by atoms with Gasteiger partial charge in [-0.1, -0.05) is 6.07 Å². The number of carbonyl (C=O) groups excluding carboxylic acids is 2. The molecule has 1 aromatic heterocycles. The van der Waals surface area contributed by atoms with Crippen LogP contribution in [0.5, 0.6) is 0 Å². The van der Waals surface area contributed by atoms with Crippen molar-refractivity contribution in [3.8, 4) is 0 Å². The number of carbonyl (C=O) groups is 3. The summed E-state index contributed by atoms with van der Waals surface area (Å²) in [5, 5.41) is 9.44. The number of nitrogens with zero attached hydrogens (tertiary/aromatic N) is 1. The SMILES string of the molecule is O=C(O)c1sc2cccc(F)c2c1CN1C(=O)CCC1=O. The smallest absolute Gasteiger partial charge is 0.346 e. The fraction of sp³-hybridized carbons (Fsp3) is 0.214. The number of rotatable bonds is 3. The van der Waals surface area contributed by atoms with Crippen LogP contribution < -0.4 is 0 Å². The van der Waals surface area contributed by atoms with E-state index in [0.29, 0.717) is 4.70 Å². The lowest BCUT2D eigenvalue weighted by atomic mass is 10.1. The Balaban J connectivity index is 2.15. The molecule has 108 valence electrons. The number of likely N-dealkylation sites (tertiary alicyclic amines) is 1. The van der Waals surface area contributed by atoms with Crippen LogP contribution in [0.4, 0.5) is 4.39 Å². The highest BCUT2D eigenvalue weighted by molar-refractivity contribution is 7.21. The average Bonchev–Trinajstić information content (AvgIpc) is 2.95. The molecule has 0 bridgehead atoms. The Labute approximate surface area is 122 Å². The summed E-state index contributed by atoms with van der Waals surface area (Å²) in [6.07, 6.45) is 0.234. The highest BCUT2D eigenvalue weighted by Crippen LogP contribution is 2.35. The van der Waals surface area contributed by atoms with Gasteiger partial charge in [0.1, 0.15) is 10.7 Å². The van der Waals surface area contributed by atoms with Crippen molar-refractivity contribution in [2.24, 2.45) is 0 Å². The molecule has 1 saturated heterocycles. The molecule has 2 aromatic rings. The molecule has 0 aliphatic carbocycles. The fourth-order valence-electron chi connectivity index (χ4n) is 2.45. The topological polar surface area (TPSA) is 74.7 Å². The molecule has 5 nitrogen and oxygen atoms in total. The second kappa shape index (κ2) is 4.92. The normalized spacial score (nSPS) is 15.2. The molecule has 2 heterocycles. The molecule has 1 aliphatic heterocycles. The Morgan fingerprint density at radius 3 is 2.57 bits per heavy atom. The number of carboxylic acids is 1. The third-order valence-corrected chi connectivity index (χ3v) is 4.61. The van der Waals surface area contributed by atoms with Gasteiger partial charge in [0, 0.05) is 28.5 Å². The summed E-state index contributed by atoms with van der Waals surface area (Å²) in [6.45, 7) is -0.194. The number of amides is 2. The average molecular weight is 307 g/mol. The van der Waals surface area contributed by atoms with Crippen molar-refractivity contribution in [1.29, 1.82) is 0 Å². The third-order valence-electron chi connectivity index (χ3n) is 3.43. The number of carboxylic acid groups (broad SMARTS) is 1. The number of imide groups is 1. The van der Waals surface area contributed by atoms with E-state index in [1.54, 1.807) is 6.07 Å². The van der Waals surface area contributed by atoms with Gasteiger partial charge in [0.2, 0.25) is 11.8 Å². The fourth-order valence-corrected chi connectivity index (χ4v) is 3.51. The van der Waals surface area contributed by atoms with E-state index >= 15 is 0 Å². The molecule has 0 unspecified atom stereocenters. The molecular weight excluding hydrogens is 297 g/mol. The number of hydrogen-bond acceptors (Lipinski definition) is 4. The first-order valence-corrected chi connectivity index (χ1v) is 7.07. The van der Waals surface area contributed by atoms with Crippen molar-refractivity contribution in [2.45, 2.75) is 19.4 Å². The first-order chi connectivity index (χ1) is 9.99. The standard InChI is InChI=1S/C14H10FNO4S/c15-8-2-1-3-9-12(8)7(13(21-9)14(19)20)6-16-10(17)4-5-11(16)18/h1-3H,4-6H2,(H,19,20). The Bertz CT molecular complexity index is 767. The van der Waals surface area contributed by atoms with E-state index in [4.69, 9.17) is 0 Å². The van der Waals surface area contributed by atoms with Crippen LogP contribution in [0.25, 0.3) is 10.1 Å². The number of benzene rings is 1. The zero-order valence-electron chi connectivity index (χ0n) is 10.8. The summed E-state index contributed by atoms with van der Waals surface area (Å²) in [4.78, 5) is 35.7. The number of thiophene rings is 1. The predicted octanol–water partition coefficient (Wildman–Crippen LogP) is 2.39. The van der Waals surface area contributed by atoms with Crippen LogP contribution >= 0.6 is 11.3 Å². The van der Waals surface area contributed by atoms with E-state index in [1.165, 1.54) is 12.1 Å². The molecule has 1 fully saturated rings. The van der Waals surface area contributed by atoms with Gasteiger partial charge in [0.05, 0.1) is 6.54 Å². The van der Waals surface area contributed by atoms with E-state index < -0.39 is 11.8 Å². The van der Waals surface area contributed by atoms with Crippen molar-refractivity contribution in [3.05, 3.63) is 34.5 Å². The summed E-state index contributed by atoms with van der Waals surface area (Å²) in [7, 11) is 0. The highest BCUT2D eigenvalue weighted by atomic mass is 32.1. The molecule has 0 radical (unpaired) electrons. The zero-order valence-corrected chi connectivity index (χ0v) is 11.6. The largest absolute Gasteiger partial charge is 0.477 e. The van der Waals surface area contributed by atoms with Crippen LogP contribution in [0, 0.1) is 5.82 Å². The predicted molar refractivity (Wildman–Crippen MR) is 73.5 cm³/mol. The van der Waals surface area contributed by atoms with Gasteiger partial charge in [-0.25, -0.2) is 9.18 Å². The van der Waals surface area contributed by atoms with Gasteiger partial charge >= 0.3 is 5.97 Å². The molecule has 1 aliphatic rings. The minimum atomic E-state index is -1.19. The monoisotopic (exact) mass is 307 g/mol. The van der Waals surface area contributed by atoms with Crippen LogP contribution in [0.2, 0.25) is 0 Å². The molecule has 1 N–H and O–H groups in total. The molecule has 0 atom stereocenters. The lowest BCUT2D eigenvalue weighted by Crippen LogP contribution is -2.28. The van der Waals surface area contributed by atoms with Gasteiger partial charge in [-0.15, -0.1) is 11.3 Å². The molecule has 1 aromatic carbocycles. The summed E-state index contributed by atoms with van der Waals surface area (Å²) in [6, 6.07) is 4.35. The van der Waals surface area contributed by atoms with Crippen molar-refractivity contribution in [3.63, 3.8) is 0 Å². The lowest BCUT2D eigenvalue weighted by Gasteiger charge is -2.14. The minimum absolute atomic E-state index is 0.0393. The van der Waals surface area contributed by atoms with E-state index in [1.807, 2.05) is 0 Å². The Morgan fingerprint density at radius 2 is 1.95 bits per heavy atom. The third kappa shape index (κ3) is 2.19. The molecule has 2 amide bonds. The van der Waals surface area contributed by atoms with E-state index in [2.05, 4.69) is 0 Å². The van der Waals surface area contributed by atoms with Gasteiger partial charge in [0.25, 0.3) is 0 Å². The van der Waals surface area contributed by atoms with E-state index in [9.17, 15) is 23.9 Å². The zero-order chi connectivity index (χ0) is 15.1. The number of halogens is 1. The molecule has 7 heteroatoms. The van der Waals surface area contributed by atoms with Gasteiger partial charge in [-0.3, -0.25) is 14.5 Å². The van der Waals surface area contributed by atoms with Crippen molar-refractivity contribution in [2.75, 3.05) is 0 Å². The summed E-state index contributed by atoms with van der Waals surface area (Å²) in [5.74, 6) is -2.45. The van der Waals surface area contributed by atoms with Crippen molar-refractivity contribution < 1.29 is 23.9 Å². The van der Waals surface area contributed by atoms with Crippen LogP contribution in [-0.2, 0) is 16.1 Å². The maximum Gasteiger partial charge on any atom is 0.346 e. The minimum Gasteiger partial charge on any atom is -0.477 e. The Kier molecular flexibility index (Phi) is 3.21. The van der Waals surface area contributed by atoms with Crippen LogP contribution in [0.1, 0.15) is 28.1 Å². The van der Waals surface area contributed by atoms with Gasteiger partial charge < -0.3 is 5.11 Å². The van der Waals surface area contributed by atoms with Crippen LogP contribution in [0.3, 0.4) is 0 Å². The molecule has 3 rings (SSSR count). The van der Waals surface area contributed by atoms with Crippen LogP contribution in [-0.4, -0.2) is 27.8 Å². The highest BCUT2D eigenvalue weighted by Gasteiger charge is 2.31. The van der Waals surface area contributed by atoms with E-state index in [-0.39, 0.29) is 47.0 Å². The maximum absolute atomic E-state index is 14.0. The van der Waals surface area contributed by atoms with Gasteiger partial charge in [-0.05, 0) is 12.1 Å². The van der Waals surface area contributed by atoms with Gasteiger partial charge in [-0.2, -0.15) is 0 Å². The maximum atomic E-state index is 14.0. The first-order valence-electron chi connectivity index (χ1n) is 6.25. The molecule has 0 saturated carbocycles. The number of aromatic carboxylic acids is 1. The van der Waals surface area contributed by atoms with E-state index in [0.717, 1.165) is 16.2 Å². The summed E-state index contributed by atoms with van der Waals surface area (Å²) < 4.78 is 14.5. The Hall–Kier alpha value is -2.28. The second-order valence-corrected chi connectivity index (χ2v) is 5.75. The molecule has 0 spiro atoms. The summed E-state index contributed by atoms with van der Waals surface area (Å²) in [5.41, 5.74) is 0.184. The van der Waals surface area contributed by atoms with Crippen molar-refractivity contribution >= 4 is 39.2 Å². The summed E-state index contributed by atoms with van der Waals surface area (Å²) >= 11 is 0.943.